The Morgan fingerprint density at radius 3 is 2.73 bits per heavy atom. The van der Waals surface area contributed by atoms with Crippen molar-refractivity contribution in [1.29, 1.82) is 5.26 Å². The van der Waals surface area contributed by atoms with Gasteiger partial charge in [0.15, 0.2) is 0 Å². The normalized spacial score (nSPS) is 17.5. The van der Waals surface area contributed by atoms with Gasteiger partial charge < -0.3 is 10.1 Å². The van der Waals surface area contributed by atoms with E-state index in [1.165, 1.54) is 0 Å². The summed E-state index contributed by atoms with van der Waals surface area (Å²) in [7, 11) is 0. The molecule has 2 rings (SSSR count). The topological polar surface area (TPSA) is 62.1 Å². The van der Waals surface area contributed by atoms with Crippen LogP contribution in [-0.2, 0) is 4.74 Å². The first-order chi connectivity index (χ1) is 10.4. The van der Waals surface area contributed by atoms with Gasteiger partial charge in [0.2, 0.25) is 0 Å². The largest absolute Gasteiger partial charge is 0.456 e. The third kappa shape index (κ3) is 3.86. The number of benzene rings is 1. The maximum Gasteiger partial charge on any atom is 0.338 e. The molecule has 0 amide bonds. The van der Waals surface area contributed by atoms with Gasteiger partial charge in [-0.3, -0.25) is 0 Å². The van der Waals surface area contributed by atoms with Gasteiger partial charge in [0.1, 0.15) is 5.60 Å². The van der Waals surface area contributed by atoms with Crippen molar-refractivity contribution in [1.82, 2.24) is 5.32 Å². The van der Waals surface area contributed by atoms with Crippen molar-refractivity contribution in [3.8, 4) is 6.07 Å². The average molecular weight is 300 g/mol. The summed E-state index contributed by atoms with van der Waals surface area (Å²) in [5.74, 6) is -0.167. The van der Waals surface area contributed by atoms with E-state index in [1.807, 2.05) is 26.8 Å². The lowest BCUT2D eigenvalue weighted by Crippen LogP contribution is -2.42. The highest BCUT2D eigenvalue weighted by molar-refractivity contribution is 5.90. The Balaban J connectivity index is 2.09. The summed E-state index contributed by atoms with van der Waals surface area (Å²) in [6.07, 6.45) is 2.04. The van der Waals surface area contributed by atoms with Gasteiger partial charge in [-0.1, -0.05) is 12.1 Å². The van der Waals surface area contributed by atoms with Crippen molar-refractivity contribution in [3.05, 3.63) is 35.4 Å². The van der Waals surface area contributed by atoms with Crippen LogP contribution in [0.3, 0.4) is 0 Å². The van der Waals surface area contributed by atoms with Crippen molar-refractivity contribution in [2.75, 3.05) is 13.1 Å². The lowest BCUT2D eigenvalue weighted by molar-refractivity contribution is -0.0368. The molecule has 1 aromatic carbocycles. The average Bonchev–Trinajstić information content (AvgIpc) is 2.54. The molecule has 1 N–H and O–H groups in total. The number of nitriles is 1. The van der Waals surface area contributed by atoms with Gasteiger partial charge in [0.25, 0.3) is 0 Å². The van der Waals surface area contributed by atoms with Crippen LogP contribution in [0.15, 0.2) is 24.3 Å². The van der Waals surface area contributed by atoms with Crippen LogP contribution in [0.2, 0.25) is 0 Å². The highest BCUT2D eigenvalue weighted by Gasteiger charge is 2.34. The minimum atomic E-state index is -0.476. The van der Waals surface area contributed by atoms with Gasteiger partial charge in [-0.2, -0.15) is 5.26 Å². The molecule has 0 bridgehead atoms. The van der Waals surface area contributed by atoms with E-state index in [1.54, 1.807) is 18.2 Å². The minimum absolute atomic E-state index is 0.231. The van der Waals surface area contributed by atoms with Crippen LogP contribution < -0.4 is 5.32 Å². The molecule has 0 aliphatic carbocycles. The predicted molar refractivity (Wildman–Crippen MR) is 85.6 cm³/mol. The number of hydrogen-bond acceptors (Lipinski definition) is 4. The SMILES string of the molecule is CC(C#N)c1cccc(C(=O)OC(C)(C)C2CCNCC2)c1. The maximum atomic E-state index is 12.4. The molecule has 1 atom stereocenters. The highest BCUT2D eigenvalue weighted by Crippen LogP contribution is 2.30. The summed E-state index contributed by atoms with van der Waals surface area (Å²) in [5, 5.41) is 12.3. The van der Waals surface area contributed by atoms with Gasteiger partial charge >= 0.3 is 5.97 Å². The number of nitrogens with one attached hydrogen (secondary N) is 1. The van der Waals surface area contributed by atoms with Crippen LogP contribution in [0.5, 0.6) is 0 Å². The molecule has 0 aromatic heterocycles. The fourth-order valence-electron chi connectivity index (χ4n) is 2.91. The van der Waals surface area contributed by atoms with E-state index in [9.17, 15) is 4.79 Å². The smallest absolute Gasteiger partial charge is 0.338 e. The number of carbonyl (C=O) groups is 1. The number of rotatable bonds is 4. The molecular weight excluding hydrogens is 276 g/mol. The fraction of sp³-hybridized carbons (Fsp3) is 0.556. The van der Waals surface area contributed by atoms with Crippen LogP contribution in [0, 0.1) is 17.2 Å². The second kappa shape index (κ2) is 6.93. The predicted octanol–water partition coefficient (Wildman–Crippen LogP) is 3.25. The zero-order chi connectivity index (χ0) is 16.2. The molecule has 1 unspecified atom stereocenters. The zero-order valence-corrected chi connectivity index (χ0v) is 13.6. The first-order valence-corrected chi connectivity index (χ1v) is 7.87. The molecule has 0 saturated carbocycles. The molecule has 1 aromatic rings. The van der Waals surface area contributed by atoms with E-state index >= 15 is 0 Å². The Labute approximate surface area is 132 Å². The van der Waals surface area contributed by atoms with Crippen molar-refractivity contribution >= 4 is 5.97 Å². The third-order valence-electron chi connectivity index (χ3n) is 4.49. The molecule has 0 radical (unpaired) electrons. The van der Waals surface area contributed by atoms with E-state index in [-0.39, 0.29) is 11.9 Å². The van der Waals surface area contributed by atoms with Crippen molar-refractivity contribution in [2.45, 2.75) is 45.1 Å². The monoisotopic (exact) mass is 300 g/mol. The standard InChI is InChI=1S/C18H24N2O2/c1-13(12-19)14-5-4-6-15(11-14)17(21)22-18(2,3)16-7-9-20-10-8-16/h4-6,11,13,16,20H,7-10H2,1-3H3. The van der Waals surface area contributed by atoms with Crippen molar-refractivity contribution in [3.63, 3.8) is 0 Å². The molecule has 0 spiro atoms. The molecule has 1 fully saturated rings. The lowest BCUT2D eigenvalue weighted by atomic mass is 9.83. The molecule has 1 aliphatic rings. The van der Waals surface area contributed by atoms with Crippen LogP contribution in [-0.4, -0.2) is 24.7 Å². The number of piperidine rings is 1. The van der Waals surface area contributed by atoms with Gasteiger partial charge in [-0.25, -0.2) is 4.79 Å². The van der Waals surface area contributed by atoms with Crippen LogP contribution in [0.4, 0.5) is 0 Å². The number of esters is 1. The minimum Gasteiger partial charge on any atom is -0.456 e. The molecule has 4 heteroatoms. The summed E-state index contributed by atoms with van der Waals surface area (Å²) >= 11 is 0. The molecule has 1 heterocycles. The molecule has 22 heavy (non-hydrogen) atoms. The van der Waals surface area contributed by atoms with E-state index in [2.05, 4.69) is 11.4 Å². The summed E-state index contributed by atoms with van der Waals surface area (Å²) < 4.78 is 5.78. The van der Waals surface area contributed by atoms with Crippen molar-refractivity contribution in [2.24, 2.45) is 5.92 Å². The second-order valence-electron chi connectivity index (χ2n) is 6.49. The summed E-state index contributed by atoms with van der Waals surface area (Å²) in [4.78, 5) is 12.4. The fourth-order valence-corrected chi connectivity index (χ4v) is 2.91. The number of hydrogen-bond donors (Lipinski definition) is 1. The Morgan fingerprint density at radius 1 is 1.41 bits per heavy atom. The third-order valence-corrected chi connectivity index (χ3v) is 4.49. The van der Waals surface area contributed by atoms with E-state index in [4.69, 9.17) is 10.00 Å². The Hall–Kier alpha value is -1.86. The van der Waals surface area contributed by atoms with Crippen LogP contribution >= 0.6 is 0 Å². The Morgan fingerprint density at radius 2 is 2.09 bits per heavy atom. The van der Waals surface area contributed by atoms with E-state index in [0.29, 0.717) is 11.5 Å². The van der Waals surface area contributed by atoms with Gasteiger partial charge in [-0.15, -0.1) is 0 Å². The summed E-state index contributed by atoms with van der Waals surface area (Å²) in [6, 6.07) is 9.36. The summed E-state index contributed by atoms with van der Waals surface area (Å²) in [5.41, 5.74) is 0.883. The van der Waals surface area contributed by atoms with Crippen LogP contribution in [0.25, 0.3) is 0 Å². The molecule has 4 nitrogen and oxygen atoms in total. The molecule has 1 aliphatic heterocycles. The number of carbonyl (C=O) groups excluding carboxylic acids is 1. The quantitative estimate of drug-likeness (QED) is 0.867. The first-order valence-electron chi connectivity index (χ1n) is 7.87. The second-order valence-corrected chi connectivity index (χ2v) is 6.49. The Kier molecular flexibility index (Phi) is 5.20. The van der Waals surface area contributed by atoms with Gasteiger partial charge in [0, 0.05) is 5.92 Å². The highest BCUT2D eigenvalue weighted by atomic mass is 16.6. The summed E-state index contributed by atoms with van der Waals surface area (Å²) in [6.45, 7) is 7.75. The number of nitrogens with zero attached hydrogens (tertiary/aromatic N) is 1. The van der Waals surface area contributed by atoms with Gasteiger partial charge in [-0.05, 0) is 64.4 Å². The first kappa shape index (κ1) is 16.5. The number of ether oxygens (including phenoxy) is 1. The lowest BCUT2D eigenvalue weighted by Gasteiger charge is -2.36. The van der Waals surface area contributed by atoms with E-state index in [0.717, 1.165) is 31.5 Å². The van der Waals surface area contributed by atoms with Crippen LogP contribution in [0.1, 0.15) is 55.5 Å². The molecule has 1 saturated heterocycles. The van der Waals surface area contributed by atoms with Gasteiger partial charge in [0.05, 0.1) is 17.6 Å². The Bertz CT molecular complexity index is 569. The zero-order valence-electron chi connectivity index (χ0n) is 13.6. The van der Waals surface area contributed by atoms with E-state index < -0.39 is 5.60 Å². The molecular formula is C18H24N2O2. The van der Waals surface area contributed by atoms with Crippen molar-refractivity contribution < 1.29 is 9.53 Å². The molecule has 118 valence electrons. The maximum absolute atomic E-state index is 12.4.